The summed E-state index contributed by atoms with van der Waals surface area (Å²) in [5.41, 5.74) is 0.476. The van der Waals surface area contributed by atoms with Crippen LogP contribution < -0.4 is 4.90 Å². The molecule has 4 nitrogen and oxygen atoms in total. The van der Waals surface area contributed by atoms with Gasteiger partial charge in [0.05, 0.1) is 0 Å². The Morgan fingerprint density at radius 2 is 1.86 bits per heavy atom. The standard InChI is InChI=1S/C18H30N4/c1-3-16(4-2)13-21-12-8-18(14-21)7-5-11-22(15-18)17-19-9-6-10-20-17/h6,9-10,16H,3-5,7-8,11-15H2,1-2H3/t18-/m0/s1. The molecule has 3 rings (SSSR count). The molecule has 22 heavy (non-hydrogen) atoms. The van der Waals surface area contributed by atoms with Crippen molar-refractivity contribution < 1.29 is 0 Å². The number of hydrogen-bond donors (Lipinski definition) is 0. The summed E-state index contributed by atoms with van der Waals surface area (Å²) in [5, 5.41) is 0. The minimum Gasteiger partial charge on any atom is -0.340 e. The van der Waals surface area contributed by atoms with Crippen LogP contribution in [0.5, 0.6) is 0 Å². The normalized spacial score (nSPS) is 26.2. The molecule has 1 aromatic rings. The average Bonchev–Trinajstić information content (AvgIpc) is 2.95. The summed E-state index contributed by atoms with van der Waals surface area (Å²) in [6.07, 6.45) is 10.3. The maximum Gasteiger partial charge on any atom is 0.225 e. The van der Waals surface area contributed by atoms with Crippen LogP contribution in [0.2, 0.25) is 0 Å². The lowest BCUT2D eigenvalue weighted by Gasteiger charge is -2.40. The maximum atomic E-state index is 4.45. The van der Waals surface area contributed by atoms with Gasteiger partial charge < -0.3 is 9.80 Å². The first-order valence-electron chi connectivity index (χ1n) is 8.99. The van der Waals surface area contributed by atoms with Gasteiger partial charge in [0.15, 0.2) is 0 Å². The Kier molecular flexibility index (Phi) is 4.97. The van der Waals surface area contributed by atoms with E-state index in [0.717, 1.165) is 25.0 Å². The number of likely N-dealkylation sites (tertiary alicyclic amines) is 1. The molecule has 0 N–H and O–H groups in total. The predicted octanol–water partition coefficient (Wildman–Crippen LogP) is 3.21. The quantitative estimate of drug-likeness (QED) is 0.836. The molecule has 0 saturated carbocycles. The molecule has 1 aromatic heterocycles. The molecule has 0 amide bonds. The Labute approximate surface area is 134 Å². The van der Waals surface area contributed by atoms with Crippen LogP contribution in [0.4, 0.5) is 5.95 Å². The number of piperidine rings is 1. The van der Waals surface area contributed by atoms with Crippen molar-refractivity contribution in [3.8, 4) is 0 Å². The first-order chi connectivity index (χ1) is 10.7. The van der Waals surface area contributed by atoms with Crippen LogP contribution in [0.1, 0.15) is 46.0 Å². The van der Waals surface area contributed by atoms with Crippen molar-refractivity contribution in [3.63, 3.8) is 0 Å². The lowest BCUT2D eigenvalue weighted by molar-refractivity contribution is 0.200. The first-order valence-corrected chi connectivity index (χ1v) is 8.99. The first kappa shape index (κ1) is 15.7. The fourth-order valence-electron chi connectivity index (χ4n) is 4.26. The second kappa shape index (κ2) is 6.95. The average molecular weight is 302 g/mol. The Morgan fingerprint density at radius 1 is 1.09 bits per heavy atom. The molecule has 2 aliphatic rings. The third-order valence-electron chi connectivity index (χ3n) is 5.68. The Balaban J connectivity index is 1.62. The van der Waals surface area contributed by atoms with E-state index in [1.165, 1.54) is 51.7 Å². The highest BCUT2D eigenvalue weighted by Crippen LogP contribution is 2.40. The number of hydrogen-bond acceptors (Lipinski definition) is 4. The minimum atomic E-state index is 0.476. The number of rotatable bonds is 5. The summed E-state index contributed by atoms with van der Waals surface area (Å²) in [5.74, 6) is 1.78. The highest BCUT2D eigenvalue weighted by atomic mass is 15.3. The summed E-state index contributed by atoms with van der Waals surface area (Å²) >= 11 is 0. The zero-order valence-corrected chi connectivity index (χ0v) is 14.2. The van der Waals surface area contributed by atoms with E-state index in [-0.39, 0.29) is 0 Å². The molecule has 2 aliphatic heterocycles. The zero-order chi connectivity index (χ0) is 15.4. The van der Waals surface area contributed by atoms with Gasteiger partial charge in [0, 0.05) is 44.0 Å². The van der Waals surface area contributed by atoms with Crippen LogP contribution in [-0.4, -0.2) is 47.6 Å². The van der Waals surface area contributed by atoms with Gasteiger partial charge in [0.2, 0.25) is 5.95 Å². The van der Waals surface area contributed by atoms with Crippen LogP contribution in [0, 0.1) is 11.3 Å². The van der Waals surface area contributed by atoms with Gasteiger partial charge in [0.1, 0.15) is 0 Å². The van der Waals surface area contributed by atoms with E-state index in [9.17, 15) is 0 Å². The summed E-state index contributed by atoms with van der Waals surface area (Å²) in [6.45, 7) is 10.7. The van der Waals surface area contributed by atoms with Gasteiger partial charge in [-0.05, 0) is 37.8 Å². The van der Waals surface area contributed by atoms with Crippen LogP contribution in [-0.2, 0) is 0 Å². The number of aromatic nitrogens is 2. The minimum absolute atomic E-state index is 0.476. The molecule has 0 aromatic carbocycles. The molecule has 3 heterocycles. The lowest BCUT2D eigenvalue weighted by atomic mass is 9.79. The van der Waals surface area contributed by atoms with Crippen LogP contribution in [0.15, 0.2) is 18.5 Å². The molecule has 0 bridgehead atoms. The van der Waals surface area contributed by atoms with Crippen molar-refractivity contribution >= 4 is 5.95 Å². The van der Waals surface area contributed by atoms with E-state index < -0.39 is 0 Å². The molecular formula is C18H30N4. The molecule has 0 radical (unpaired) electrons. The molecule has 0 aliphatic carbocycles. The van der Waals surface area contributed by atoms with Gasteiger partial charge in [-0.15, -0.1) is 0 Å². The third-order valence-corrected chi connectivity index (χ3v) is 5.68. The summed E-state index contributed by atoms with van der Waals surface area (Å²) < 4.78 is 0. The fourth-order valence-corrected chi connectivity index (χ4v) is 4.26. The summed E-state index contributed by atoms with van der Waals surface area (Å²) in [4.78, 5) is 14.0. The van der Waals surface area contributed by atoms with E-state index in [2.05, 4.69) is 33.6 Å². The van der Waals surface area contributed by atoms with Crippen molar-refractivity contribution in [2.24, 2.45) is 11.3 Å². The molecule has 4 heteroatoms. The molecule has 1 spiro atoms. The maximum absolute atomic E-state index is 4.45. The summed E-state index contributed by atoms with van der Waals surface area (Å²) in [7, 11) is 0. The van der Waals surface area contributed by atoms with Crippen molar-refractivity contribution in [2.75, 3.05) is 37.6 Å². The van der Waals surface area contributed by atoms with Crippen molar-refractivity contribution in [3.05, 3.63) is 18.5 Å². The molecule has 122 valence electrons. The second-order valence-corrected chi connectivity index (χ2v) is 7.24. The van der Waals surface area contributed by atoms with E-state index in [1.54, 1.807) is 0 Å². The molecule has 2 saturated heterocycles. The highest BCUT2D eigenvalue weighted by Gasteiger charge is 2.41. The van der Waals surface area contributed by atoms with Crippen LogP contribution >= 0.6 is 0 Å². The lowest BCUT2D eigenvalue weighted by Crippen LogP contribution is -2.45. The van der Waals surface area contributed by atoms with E-state index in [1.807, 2.05) is 18.5 Å². The van der Waals surface area contributed by atoms with E-state index >= 15 is 0 Å². The number of anilines is 1. The smallest absolute Gasteiger partial charge is 0.225 e. The summed E-state index contributed by atoms with van der Waals surface area (Å²) in [6, 6.07) is 1.90. The largest absolute Gasteiger partial charge is 0.340 e. The molecular weight excluding hydrogens is 272 g/mol. The van der Waals surface area contributed by atoms with Crippen molar-refractivity contribution in [1.29, 1.82) is 0 Å². The van der Waals surface area contributed by atoms with Gasteiger partial charge in [-0.25, -0.2) is 9.97 Å². The van der Waals surface area contributed by atoms with Crippen molar-refractivity contribution in [2.45, 2.75) is 46.0 Å². The van der Waals surface area contributed by atoms with Gasteiger partial charge in [-0.1, -0.05) is 26.7 Å². The Morgan fingerprint density at radius 3 is 2.59 bits per heavy atom. The predicted molar refractivity (Wildman–Crippen MR) is 91.0 cm³/mol. The van der Waals surface area contributed by atoms with E-state index in [0.29, 0.717) is 5.41 Å². The van der Waals surface area contributed by atoms with Gasteiger partial charge in [-0.2, -0.15) is 0 Å². The molecule has 0 unspecified atom stereocenters. The topological polar surface area (TPSA) is 32.3 Å². The molecule has 1 atom stereocenters. The van der Waals surface area contributed by atoms with E-state index in [4.69, 9.17) is 0 Å². The van der Waals surface area contributed by atoms with Gasteiger partial charge >= 0.3 is 0 Å². The SMILES string of the molecule is CCC(CC)CN1CC[C@@]2(CCCN(c3ncccn3)C2)C1. The monoisotopic (exact) mass is 302 g/mol. The van der Waals surface area contributed by atoms with Crippen molar-refractivity contribution in [1.82, 2.24) is 14.9 Å². The zero-order valence-electron chi connectivity index (χ0n) is 14.2. The van der Waals surface area contributed by atoms with Crippen LogP contribution in [0.3, 0.4) is 0 Å². The highest BCUT2D eigenvalue weighted by molar-refractivity contribution is 5.30. The van der Waals surface area contributed by atoms with Gasteiger partial charge in [-0.3, -0.25) is 0 Å². The number of nitrogens with zero attached hydrogens (tertiary/aromatic N) is 4. The Hall–Kier alpha value is -1.16. The van der Waals surface area contributed by atoms with Gasteiger partial charge in [0.25, 0.3) is 0 Å². The Bertz CT molecular complexity index is 459. The second-order valence-electron chi connectivity index (χ2n) is 7.24. The fraction of sp³-hybridized carbons (Fsp3) is 0.778. The van der Waals surface area contributed by atoms with Crippen LogP contribution in [0.25, 0.3) is 0 Å². The third kappa shape index (κ3) is 3.43. The molecule has 2 fully saturated rings.